The maximum absolute atomic E-state index is 13.1. The van der Waals surface area contributed by atoms with Crippen LogP contribution in [0.3, 0.4) is 0 Å². The molecule has 0 atom stereocenters. The fourth-order valence-corrected chi connectivity index (χ4v) is 3.38. The van der Waals surface area contributed by atoms with Crippen molar-refractivity contribution in [2.45, 2.75) is 17.9 Å². The Bertz CT molecular complexity index is 1010. The van der Waals surface area contributed by atoms with Gasteiger partial charge in [-0.05, 0) is 17.7 Å². The second-order valence-corrected chi connectivity index (χ2v) is 7.09. The van der Waals surface area contributed by atoms with Gasteiger partial charge in [-0.15, -0.1) is 0 Å². The molecule has 0 unspecified atom stereocenters. The number of nitrogens with one attached hydrogen (secondary N) is 2. The van der Waals surface area contributed by atoms with Gasteiger partial charge in [0.25, 0.3) is 5.91 Å². The van der Waals surface area contributed by atoms with Crippen LogP contribution in [0.25, 0.3) is 11.3 Å². The van der Waals surface area contributed by atoms with E-state index in [0.717, 1.165) is 16.3 Å². The van der Waals surface area contributed by atoms with Gasteiger partial charge in [0.2, 0.25) is 5.91 Å². The topological polar surface area (TPSA) is 76.0 Å². The number of hydrogen-bond acceptors (Lipinski definition) is 4. The lowest BCUT2D eigenvalue weighted by atomic mass is 10.2. The molecule has 0 fully saturated rings. The first-order valence-electron chi connectivity index (χ1n) is 8.78. The summed E-state index contributed by atoms with van der Waals surface area (Å²) in [4.78, 5) is 28.0. The van der Waals surface area contributed by atoms with Crippen LogP contribution in [0, 0.1) is 0 Å². The Balaban J connectivity index is 1.65. The van der Waals surface area contributed by atoms with Crippen LogP contribution in [0.15, 0.2) is 72.0 Å². The summed E-state index contributed by atoms with van der Waals surface area (Å²) in [5.74, 6) is -1.30. The Hall–Kier alpha value is -3.27. The molecular weight excluding hydrogens is 417 g/mol. The van der Waals surface area contributed by atoms with Crippen molar-refractivity contribution in [1.29, 1.82) is 0 Å². The van der Waals surface area contributed by atoms with Gasteiger partial charge in [0.15, 0.2) is 5.16 Å². The molecule has 2 N–H and O–H groups in total. The first-order valence-corrected chi connectivity index (χ1v) is 9.77. The van der Waals surface area contributed by atoms with Gasteiger partial charge in [-0.25, -0.2) is 4.98 Å². The molecule has 0 aliphatic carbocycles. The van der Waals surface area contributed by atoms with Gasteiger partial charge in [-0.1, -0.05) is 60.3 Å². The highest BCUT2D eigenvalue weighted by Crippen LogP contribution is 2.29. The van der Waals surface area contributed by atoms with Gasteiger partial charge in [0.05, 0.1) is 17.6 Å². The molecule has 156 valence electrons. The van der Waals surface area contributed by atoms with Gasteiger partial charge < -0.3 is 4.57 Å². The zero-order chi connectivity index (χ0) is 21.6. The van der Waals surface area contributed by atoms with Crippen LogP contribution in [0.2, 0.25) is 0 Å². The van der Waals surface area contributed by atoms with Crippen molar-refractivity contribution < 1.29 is 22.8 Å². The molecule has 10 heteroatoms. The lowest BCUT2D eigenvalue weighted by Crippen LogP contribution is -2.42. The first kappa shape index (κ1) is 21.4. The lowest BCUT2D eigenvalue weighted by Gasteiger charge is -2.14. The summed E-state index contributed by atoms with van der Waals surface area (Å²) in [6, 6.07) is 16.8. The molecule has 0 bridgehead atoms. The molecule has 0 saturated carbocycles. The molecule has 6 nitrogen and oxygen atoms in total. The monoisotopic (exact) mass is 434 g/mol. The number of thioether (sulfide) groups is 1. The standard InChI is InChI=1S/C20H17F3N4O2S/c21-20(22,23)13-27-16(14-7-3-1-4-8-14)11-24-19(27)30-12-17(28)25-26-18(29)15-9-5-2-6-10-15/h1-11H,12-13H2,(H,25,28)(H,26,29). The second-order valence-electron chi connectivity index (χ2n) is 6.15. The van der Waals surface area contributed by atoms with E-state index in [0.29, 0.717) is 16.8 Å². The Morgan fingerprint density at radius 2 is 1.60 bits per heavy atom. The number of aromatic nitrogens is 2. The number of carbonyl (C=O) groups is 2. The average molecular weight is 434 g/mol. The van der Waals surface area contributed by atoms with E-state index < -0.39 is 24.5 Å². The van der Waals surface area contributed by atoms with Crippen molar-refractivity contribution in [1.82, 2.24) is 20.4 Å². The Labute approximate surface area is 174 Å². The van der Waals surface area contributed by atoms with Gasteiger partial charge in [-0.3, -0.25) is 20.4 Å². The zero-order valence-corrected chi connectivity index (χ0v) is 16.3. The maximum atomic E-state index is 13.1. The van der Waals surface area contributed by atoms with Crippen LogP contribution in [0.1, 0.15) is 10.4 Å². The minimum Gasteiger partial charge on any atom is -0.310 e. The predicted molar refractivity (Wildman–Crippen MR) is 106 cm³/mol. The van der Waals surface area contributed by atoms with Crippen LogP contribution in [-0.2, 0) is 11.3 Å². The minimum absolute atomic E-state index is 0.0516. The van der Waals surface area contributed by atoms with Gasteiger partial charge in [-0.2, -0.15) is 13.2 Å². The molecular formula is C20H17F3N4O2S. The molecule has 0 aliphatic heterocycles. The molecule has 30 heavy (non-hydrogen) atoms. The van der Waals surface area contributed by atoms with Gasteiger partial charge >= 0.3 is 6.18 Å². The van der Waals surface area contributed by atoms with Crippen LogP contribution in [-0.4, -0.2) is 33.3 Å². The van der Waals surface area contributed by atoms with Crippen LogP contribution in [0.4, 0.5) is 13.2 Å². The highest BCUT2D eigenvalue weighted by molar-refractivity contribution is 7.99. The Kier molecular flexibility index (Phi) is 6.78. The Morgan fingerprint density at radius 1 is 0.967 bits per heavy atom. The van der Waals surface area contributed by atoms with Crippen molar-refractivity contribution >= 4 is 23.6 Å². The van der Waals surface area contributed by atoms with E-state index in [9.17, 15) is 22.8 Å². The van der Waals surface area contributed by atoms with E-state index >= 15 is 0 Å². The molecule has 3 aromatic rings. The summed E-state index contributed by atoms with van der Waals surface area (Å²) in [6.07, 6.45) is -3.11. The smallest absolute Gasteiger partial charge is 0.310 e. The highest BCUT2D eigenvalue weighted by Gasteiger charge is 2.31. The number of halogens is 3. The molecule has 3 rings (SSSR count). The molecule has 2 amide bonds. The van der Waals surface area contributed by atoms with E-state index in [2.05, 4.69) is 15.8 Å². The summed E-state index contributed by atoms with van der Waals surface area (Å²) in [5, 5.41) is 0.0516. The third-order valence-corrected chi connectivity index (χ3v) is 4.90. The van der Waals surface area contributed by atoms with Gasteiger partial charge in [0.1, 0.15) is 6.54 Å². The molecule has 0 spiro atoms. The average Bonchev–Trinajstić information content (AvgIpc) is 3.12. The van der Waals surface area contributed by atoms with E-state index in [4.69, 9.17) is 0 Å². The van der Waals surface area contributed by atoms with Crippen molar-refractivity contribution in [2.75, 3.05) is 5.75 Å². The van der Waals surface area contributed by atoms with Gasteiger partial charge in [0, 0.05) is 5.56 Å². The zero-order valence-electron chi connectivity index (χ0n) is 15.5. The first-order chi connectivity index (χ1) is 14.3. The summed E-state index contributed by atoms with van der Waals surface area (Å²) < 4.78 is 40.3. The highest BCUT2D eigenvalue weighted by atomic mass is 32.2. The van der Waals surface area contributed by atoms with E-state index in [1.54, 1.807) is 60.7 Å². The molecule has 0 saturated heterocycles. The van der Waals surface area contributed by atoms with Crippen molar-refractivity contribution in [3.05, 3.63) is 72.4 Å². The summed E-state index contributed by atoms with van der Waals surface area (Å²) in [6.45, 7) is -1.23. The van der Waals surface area contributed by atoms with E-state index in [1.165, 1.54) is 6.20 Å². The number of nitrogens with zero attached hydrogens (tertiary/aromatic N) is 2. The number of alkyl halides is 3. The SMILES string of the molecule is O=C(CSc1ncc(-c2ccccc2)n1CC(F)(F)F)NNC(=O)c1ccccc1. The van der Waals surface area contributed by atoms with Crippen LogP contribution < -0.4 is 10.9 Å². The number of hydrazine groups is 1. The largest absolute Gasteiger partial charge is 0.406 e. The summed E-state index contributed by atoms with van der Waals surface area (Å²) in [5.41, 5.74) is 5.74. The minimum atomic E-state index is -4.45. The molecule has 0 radical (unpaired) electrons. The predicted octanol–water partition coefficient (Wildman–Crippen LogP) is 3.67. The molecule has 2 aromatic carbocycles. The molecule has 1 heterocycles. The fourth-order valence-electron chi connectivity index (χ4n) is 2.60. The van der Waals surface area contributed by atoms with Crippen molar-refractivity contribution in [2.24, 2.45) is 0 Å². The van der Waals surface area contributed by atoms with Crippen molar-refractivity contribution in [3.63, 3.8) is 0 Å². The third-order valence-electron chi connectivity index (χ3n) is 3.91. The lowest BCUT2D eigenvalue weighted by molar-refractivity contribution is -0.141. The molecule has 0 aliphatic rings. The van der Waals surface area contributed by atoms with Crippen molar-refractivity contribution in [3.8, 4) is 11.3 Å². The van der Waals surface area contributed by atoms with E-state index in [1.807, 2.05) is 0 Å². The van der Waals surface area contributed by atoms with Crippen LogP contribution >= 0.6 is 11.8 Å². The maximum Gasteiger partial charge on any atom is 0.406 e. The number of amides is 2. The number of benzene rings is 2. The number of rotatable bonds is 6. The second kappa shape index (κ2) is 9.49. The Morgan fingerprint density at radius 3 is 2.23 bits per heavy atom. The summed E-state index contributed by atoms with van der Waals surface area (Å²) in [7, 11) is 0. The number of hydrogen-bond donors (Lipinski definition) is 2. The van der Waals surface area contributed by atoms with Crippen LogP contribution in [0.5, 0.6) is 0 Å². The number of imidazole rings is 1. The van der Waals surface area contributed by atoms with E-state index in [-0.39, 0.29) is 10.9 Å². The summed E-state index contributed by atoms with van der Waals surface area (Å²) >= 11 is 0.847. The number of carbonyl (C=O) groups excluding carboxylic acids is 2. The fraction of sp³-hybridized carbons (Fsp3) is 0.150. The quantitative estimate of drug-likeness (QED) is 0.459. The third kappa shape index (κ3) is 5.86. The normalized spacial score (nSPS) is 11.2. The molecule has 1 aromatic heterocycles.